The molecule has 42 heavy (non-hydrogen) atoms. The van der Waals surface area contributed by atoms with Gasteiger partial charge < -0.3 is 30.5 Å². The summed E-state index contributed by atoms with van der Waals surface area (Å²) in [7, 11) is 0. The van der Waals surface area contributed by atoms with Crippen LogP contribution in [0.25, 0.3) is 0 Å². The summed E-state index contributed by atoms with van der Waals surface area (Å²) in [4.78, 5) is 42.6. The Morgan fingerprint density at radius 3 is 1.98 bits per heavy atom. The number of aromatic hydroxyl groups is 2. The van der Waals surface area contributed by atoms with Gasteiger partial charge in [0.2, 0.25) is 11.8 Å². The summed E-state index contributed by atoms with van der Waals surface area (Å²) < 4.78 is 5.48. The van der Waals surface area contributed by atoms with Gasteiger partial charge in [-0.15, -0.1) is 0 Å². The topological polar surface area (TPSA) is 128 Å². The molecule has 0 spiro atoms. The third-order valence-corrected chi connectivity index (χ3v) is 6.75. The van der Waals surface area contributed by atoms with Gasteiger partial charge in [-0.25, -0.2) is 4.79 Å². The lowest BCUT2D eigenvalue weighted by atomic mass is 9.99. The lowest BCUT2D eigenvalue weighted by molar-refractivity contribution is -0.142. The Bertz CT molecular complexity index is 1110. The fraction of sp³-hybridized carbons (Fsp3) is 0.545. The number of carbonyl (C=O) groups is 3. The van der Waals surface area contributed by atoms with Crippen molar-refractivity contribution < 1.29 is 29.3 Å². The Hall–Kier alpha value is -3.75. The quantitative estimate of drug-likeness (QED) is 0.180. The number of nitrogens with zero attached hydrogens (tertiary/aromatic N) is 1. The van der Waals surface area contributed by atoms with E-state index in [4.69, 9.17) is 4.74 Å². The Labute approximate surface area is 250 Å². The maximum Gasteiger partial charge on any atom is 0.408 e. The van der Waals surface area contributed by atoms with E-state index in [9.17, 15) is 24.6 Å². The molecule has 0 aliphatic rings. The SMILES string of the molecule is CCCCCCN(C(=O)C(Cc1ccc(O)cc1)NC(=O)OC(C)(C)C)C(C(=O)NCCCCC)c1ccc(O)cc1. The van der Waals surface area contributed by atoms with Crippen molar-refractivity contribution in [2.45, 2.75) is 104 Å². The average molecular weight is 584 g/mol. The Balaban J connectivity index is 2.51. The fourth-order valence-corrected chi connectivity index (χ4v) is 4.61. The van der Waals surface area contributed by atoms with Gasteiger partial charge in [0.05, 0.1) is 0 Å². The fourth-order valence-electron chi connectivity index (χ4n) is 4.61. The number of alkyl carbamates (subject to hydrolysis) is 1. The van der Waals surface area contributed by atoms with Crippen LogP contribution in [0.5, 0.6) is 11.5 Å². The number of ether oxygens (including phenoxy) is 1. The minimum atomic E-state index is -1.04. The van der Waals surface area contributed by atoms with Gasteiger partial charge in [0.15, 0.2) is 0 Å². The van der Waals surface area contributed by atoms with Crippen LogP contribution in [0.2, 0.25) is 0 Å². The first-order chi connectivity index (χ1) is 19.9. The molecule has 3 amide bonds. The first kappa shape index (κ1) is 34.5. The van der Waals surface area contributed by atoms with E-state index in [0.29, 0.717) is 25.1 Å². The largest absolute Gasteiger partial charge is 0.508 e. The van der Waals surface area contributed by atoms with Gasteiger partial charge in [-0.2, -0.15) is 0 Å². The zero-order valence-corrected chi connectivity index (χ0v) is 25.8. The zero-order valence-electron chi connectivity index (χ0n) is 25.8. The second-order valence-electron chi connectivity index (χ2n) is 11.7. The molecular weight excluding hydrogens is 534 g/mol. The van der Waals surface area contributed by atoms with Crippen molar-refractivity contribution in [3.05, 3.63) is 59.7 Å². The van der Waals surface area contributed by atoms with Gasteiger partial charge in [-0.1, -0.05) is 70.2 Å². The summed E-state index contributed by atoms with van der Waals surface area (Å²) in [5.74, 6) is -0.599. The molecule has 232 valence electrons. The van der Waals surface area contributed by atoms with Crippen molar-refractivity contribution in [2.24, 2.45) is 0 Å². The van der Waals surface area contributed by atoms with Crippen LogP contribution in [0.1, 0.15) is 96.7 Å². The standard InChI is InChI=1S/C33H49N3O6/c1-6-8-10-12-22-36(29(25-15-19-27(38)20-16-25)30(39)34-21-11-9-7-2)31(40)28(35-32(41)42-33(3,4)5)23-24-13-17-26(37)18-14-24/h13-20,28-29,37-38H,6-12,21-23H2,1-5H3,(H,34,39)(H,35,41). The Morgan fingerprint density at radius 2 is 1.40 bits per heavy atom. The molecule has 2 aromatic rings. The van der Waals surface area contributed by atoms with Crippen molar-refractivity contribution in [1.29, 1.82) is 0 Å². The Morgan fingerprint density at radius 1 is 0.833 bits per heavy atom. The first-order valence-electron chi connectivity index (χ1n) is 15.1. The molecule has 0 aliphatic heterocycles. The third-order valence-electron chi connectivity index (χ3n) is 6.75. The number of phenols is 2. The lowest BCUT2D eigenvalue weighted by Gasteiger charge is -2.34. The Kier molecular flexibility index (Phi) is 14.2. The number of hydrogen-bond donors (Lipinski definition) is 4. The summed E-state index contributed by atoms with van der Waals surface area (Å²) in [6, 6.07) is 10.7. The van der Waals surface area contributed by atoms with Crippen LogP contribution in [0.15, 0.2) is 48.5 Å². The number of hydrogen-bond acceptors (Lipinski definition) is 6. The zero-order chi connectivity index (χ0) is 31.1. The smallest absolute Gasteiger partial charge is 0.408 e. The molecule has 9 heteroatoms. The molecule has 0 aromatic heterocycles. The molecule has 2 unspecified atom stereocenters. The molecule has 0 heterocycles. The van der Waals surface area contributed by atoms with Gasteiger partial charge in [0.25, 0.3) is 0 Å². The summed E-state index contributed by atoms with van der Waals surface area (Å²) in [5, 5.41) is 25.4. The summed E-state index contributed by atoms with van der Waals surface area (Å²) in [6.45, 7) is 10.2. The molecule has 0 fully saturated rings. The third kappa shape index (κ3) is 12.0. The van der Waals surface area contributed by atoms with Gasteiger partial charge in [-0.05, 0) is 69.0 Å². The van der Waals surface area contributed by atoms with Gasteiger partial charge in [-0.3, -0.25) is 9.59 Å². The van der Waals surface area contributed by atoms with E-state index in [1.165, 1.54) is 24.3 Å². The molecule has 4 N–H and O–H groups in total. The van der Waals surface area contributed by atoms with Crippen LogP contribution in [-0.4, -0.2) is 57.8 Å². The van der Waals surface area contributed by atoms with Crippen LogP contribution < -0.4 is 10.6 Å². The molecule has 0 saturated heterocycles. The number of carbonyl (C=O) groups excluding carboxylic acids is 3. The van der Waals surface area contributed by atoms with Crippen molar-refractivity contribution in [2.75, 3.05) is 13.1 Å². The molecule has 2 rings (SSSR count). The normalized spacial score (nSPS) is 12.7. The van der Waals surface area contributed by atoms with Crippen molar-refractivity contribution in [1.82, 2.24) is 15.5 Å². The highest BCUT2D eigenvalue weighted by Gasteiger charge is 2.36. The number of phenolic OH excluding ortho intramolecular Hbond substituents is 2. The average Bonchev–Trinajstić information content (AvgIpc) is 2.93. The number of nitrogens with one attached hydrogen (secondary N) is 2. The molecule has 0 radical (unpaired) electrons. The molecule has 0 aliphatic carbocycles. The van der Waals surface area contributed by atoms with E-state index in [0.717, 1.165) is 44.1 Å². The van der Waals surface area contributed by atoms with Crippen LogP contribution in [0, 0.1) is 0 Å². The molecule has 9 nitrogen and oxygen atoms in total. The van der Waals surface area contributed by atoms with Gasteiger partial charge in [0, 0.05) is 19.5 Å². The van der Waals surface area contributed by atoms with E-state index in [1.54, 1.807) is 49.9 Å². The molecular formula is C33H49N3O6. The number of rotatable bonds is 16. The lowest BCUT2D eigenvalue weighted by Crippen LogP contribution is -2.54. The van der Waals surface area contributed by atoms with E-state index in [1.807, 2.05) is 0 Å². The van der Waals surface area contributed by atoms with E-state index in [-0.39, 0.29) is 23.8 Å². The second-order valence-corrected chi connectivity index (χ2v) is 11.7. The summed E-state index contributed by atoms with van der Waals surface area (Å²) in [5.41, 5.74) is 0.506. The van der Waals surface area contributed by atoms with Gasteiger partial charge >= 0.3 is 6.09 Å². The van der Waals surface area contributed by atoms with E-state index < -0.39 is 29.7 Å². The molecule has 2 atom stereocenters. The number of amides is 3. The van der Waals surface area contributed by atoms with Gasteiger partial charge in [0.1, 0.15) is 29.2 Å². The van der Waals surface area contributed by atoms with Crippen molar-refractivity contribution >= 4 is 17.9 Å². The van der Waals surface area contributed by atoms with Crippen molar-refractivity contribution in [3.8, 4) is 11.5 Å². The van der Waals surface area contributed by atoms with Crippen molar-refractivity contribution in [3.63, 3.8) is 0 Å². The minimum Gasteiger partial charge on any atom is -0.508 e. The predicted octanol–water partition coefficient (Wildman–Crippen LogP) is 5.99. The van der Waals surface area contributed by atoms with Crippen LogP contribution >= 0.6 is 0 Å². The minimum absolute atomic E-state index is 0.0541. The highest BCUT2D eigenvalue weighted by atomic mass is 16.6. The second kappa shape index (κ2) is 17.3. The number of unbranched alkanes of at least 4 members (excludes halogenated alkanes) is 5. The molecule has 0 saturated carbocycles. The molecule has 2 aromatic carbocycles. The highest BCUT2D eigenvalue weighted by molar-refractivity contribution is 5.92. The van der Waals surface area contributed by atoms with Crippen LogP contribution in [-0.2, 0) is 20.7 Å². The summed E-state index contributed by atoms with van der Waals surface area (Å²) in [6.07, 6.45) is 5.74. The van der Waals surface area contributed by atoms with Crippen LogP contribution in [0.4, 0.5) is 4.79 Å². The van der Waals surface area contributed by atoms with Crippen LogP contribution in [0.3, 0.4) is 0 Å². The number of benzene rings is 2. The first-order valence-corrected chi connectivity index (χ1v) is 15.1. The monoisotopic (exact) mass is 583 g/mol. The van der Waals surface area contributed by atoms with E-state index >= 15 is 0 Å². The predicted molar refractivity (Wildman–Crippen MR) is 164 cm³/mol. The maximum atomic E-state index is 14.4. The summed E-state index contributed by atoms with van der Waals surface area (Å²) >= 11 is 0. The molecule has 0 bridgehead atoms. The van der Waals surface area contributed by atoms with E-state index in [2.05, 4.69) is 24.5 Å². The maximum absolute atomic E-state index is 14.4. The highest BCUT2D eigenvalue weighted by Crippen LogP contribution is 2.26.